The van der Waals surface area contributed by atoms with Gasteiger partial charge >= 0.3 is 6.18 Å². The SMILES string of the molecule is C=C1C=C(CCc2cccc(F)c2F)N(CC(=O)N(CCN(CC)CC)Cc2ccc(-c3ccc(C(F)(F)F)cc3)cc2)C2=C1CCCC2. The van der Waals surface area contributed by atoms with Gasteiger partial charge in [0.25, 0.3) is 0 Å². The summed E-state index contributed by atoms with van der Waals surface area (Å²) in [5, 5.41) is 0. The Bertz CT molecular complexity index is 1690. The molecule has 1 heterocycles. The van der Waals surface area contributed by atoms with Gasteiger partial charge in [-0.3, -0.25) is 4.79 Å². The molecule has 1 amide bonds. The van der Waals surface area contributed by atoms with E-state index in [1.807, 2.05) is 35.2 Å². The molecule has 0 bridgehead atoms. The number of likely N-dealkylation sites (N-methyl/N-ethyl adjacent to an activating group) is 1. The summed E-state index contributed by atoms with van der Waals surface area (Å²) in [6.07, 6.45) is 2.07. The van der Waals surface area contributed by atoms with E-state index in [0.29, 0.717) is 37.2 Å². The van der Waals surface area contributed by atoms with Crippen LogP contribution in [0.4, 0.5) is 22.0 Å². The van der Waals surface area contributed by atoms with E-state index in [1.54, 1.807) is 6.07 Å². The lowest BCUT2D eigenvalue weighted by molar-refractivity contribution is -0.137. The van der Waals surface area contributed by atoms with Crippen LogP contribution in [0.15, 0.2) is 102 Å². The highest BCUT2D eigenvalue weighted by atomic mass is 19.4. The van der Waals surface area contributed by atoms with Crippen LogP contribution in [0, 0.1) is 11.6 Å². The average molecular weight is 678 g/mol. The lowest BCUT2D eigenvalue weighted by atomic mass is 9.86. The minimum atomic E-state index is -4.39. The molecule has 3 aromatic carbocycles. The zero-order chi connectivity index (χ0) is 35.1. The molecule has 1 aliphatic heterocycles. The van der Waals surface area contributed by atoms with Gasteiger partial charge in [0.05, 0.1) is 5.56 Å². The van der Waals surface area contributed by atoms with Crippen molar-refractivity contribution >= 4 is 5.91 Å². The summed E-state index contributed by atoms with van der Waals surface area (Å²) in [5.74, 6) is -1.77. The largest absolute Gasteiger partial charge is 0.416 e. The van der Waals surface area contributed by atoms with E-state index in [2.05, 4.69) is 30.2 Å². The van der Waals surface area contributed by atoms with Crippen LogP contribution in [0.3, 0.4) is 0 Å². The summed E-state index contributed by atoms with van der Waals surface area (Å²) >= 11 is 0. The summed E-state index contributed by atoms with van der Waals surface area (Å²) in [4.78, 5) is 20.5. The fourth-order valence-corrected chi connectivity index (χ4v) is 6.68. The first-order valence-electron chi connectivity index (χ1n) is 17.1. The zero-order valence-corrected chi connectivity index (χ0v) is 28.3. The number of nitrogens with zero attached hydrogens (tertiary/aromatic N) is 3. The number of hydrogen-bond acceptors (Lipinski definition) is 3. The van der Waals surface area contributed by atoms with Crippen molar-refractivity contribution in [3.8, 4) is 11.1 Å². The van der Waals surface area contributed by atoms with Crippen molar-refractivity contribution < 1.29 is 26.7 Å². The number of rotatable bonds is 13. The monoisotopic (exact) mass is 677 g/mol. The first kappa shape index (κ1) is 36.1. The van der Waals surface area contributed by atoms with E-state index >= 15 is 0 Å². The minimum Gasteiger partial charge on any atom is -0.339 e. The van der Waals surface area contributed by atoms with Gasteiger partial charge in [-0.05, 0) is 109 Å². The molecular weight excluding hydrogens is 633 g/mol. The van der Waals surface area contributed by atoms with Crippen molar-refractivity contribution in [2.45, 2.75) is 65.1 Å². The fraction of sp³-hybridized carbons (Fsp3) is 0.375. The highest BCUT2D eigenvalue weighted by molar-refractivity contribution is 5.79. The minimum absolute atomic E-state index is 0.0493. The number of allylic oxidation sites excluding steroid dienone is 5. The first-order chi connectivity index (χ1) is 23.5. The Kier molecular flexibility index (Phi) is 11.8. The lowest BCUT2D eigenvalue weighted by Crippen LogP contribution is -2.44. The Morgan fingerprint density at radius 2 is 1.51 bits per heavy atom. The Hall–Kier alpha value is -4.24. The van der Waals surface area contributed by atoms with E-state index in [4.69, 9.17) is 0 Å². The molecule has 3 aromatic rings. The molecule has 0 saturated heterocycles. The lowest BCUT2D eigenvalue weighted by Gasteiger charge is -2.39. The normalized spacial score (nSPS) is 15.1. The Balaban J connectivity index is 1.37. The van der Waals surface area contributed by atoms with Gasteiger partial charge in [0.1, 0.15) is 6.54 Å². The zero-order valence-electron chi connectivity index (χ0n) is 28.3. The highest BCUT2D eigenvalue weighted by Gasteiger charge is 2.31. The second-order valence-electron chi connectivity index (χ2n) is 12.7. The van der Waals surface area contributed by atoms with Crippen molar-refractivity contribution in [1.29, 1.82) is 0 Å². The van der Waals surface area contributed by atoms with Gasteiger partial charge in [0, 0.05) is 31.0 Å². The molecule has 0 fully saturated rings. The van der Waals surface area contributed by atoms with E-state index in [1.165, 1.54) is 18.2 Å². The second-order valence-corrected chi connectivity index (χ2v) is 12.7. The summed E-state index contributed by atoms with van der Waals surface area (Å²) in [7, 11) is 0. The Morgan fingerprint density at radius 1 is 0.857 bits per heavy atom. The summed E-state index contributed by atoms with van der Waals surface area (Å²) < 4.78 is 67.7. The topological polar surface area (TPSA) is 26.8 Å². The molecule has 0 radical (unpaired) electrons. The maximum atomic E-state index is 14.6. The summed E-state index contributed by atoms with van der Waals surface area (Å²) in [6.45, 7) is 11.9. The molecule has 49 heavy (non-hydrogen) atoms. The number of carbonyl (C=O) groups is 1. The van der Waals surface area contributed by atoms with E-state index in [0.717, 1.165) is 90.6 Å². The molecule has 0 spiro atoms. The van der Waals surface area contributed by atoms with Gasteiger partial charge in [-0.15, -0.1) is 0 Å². The van der Waals surface area contributed by atoms with Crippen molar-refractivity contribution in [3.63, 3.8) is 0 Å². The summed E-state index contributed by atoms with van der Waals surface area (Å²) in [6, 6.07) is 16.9. The first-order valence-corrected chi connectivity index (χ1v) is 17.1. The van der Waals surface area contributed by atoms with Gasteiger partial charge < -0.3 is 14.7 Å². The number of carbonyl (C=O) groups excluding carboxylic acids is 1. The van der Waals surface area contributed by atoms with Crippen LogP contribution >= 0.6 is 0 Å². The van der Waals surface area contributed by atoms with Crippen molar-refractivity contribution in [3.05, 3.63) is 130 Å². The Labute approximate surface area is 286 Å². The molecule has 5 rings (SSSR count). The van der Waals surface area contributed by atoms with Crippen LogP contribution < -0.4 is 0 Å². The number of halogens is 5. The molecule has 4 nitrogen and oxygen atoms in total. The quantitative estimate of drug-likeness (QED) is 0.169. The standard InChI is InChI=1S/C40H44F5N3O/c1-4-46(5-2)23-24-47(26-29-13-15-30(16-14-29)31-17-20-33(21-18-31)40(43,44)45)38(49)27-48-34(22-19-32-9-8-11-36(41)39(32)42)25-28(3)35-10-6-7-12-37(35)48/h8-9,11,13-18,20-21,25H,3-7,10,12,19,22-24,26-27H2,1-2H3. The predicted octanol–water partition coefficient (Wildman–Crippen LogP) is 9.54. The van der Waals surface area contributed by atoms with Crippen LogP contribution in [0.25, 0.3) is 11.1 Å². The number of aryl methyl sites for hydroxylation is 1. The average Bonchev–Trinajstić information content (AvgIpc) is 3.10. The molecule has 0 aromatic heterocycles. The van der Waals surface area contributed by atoms with Crippen molar-refractivity contribution in [2.75, 3.05) is 32.7 Å². The summed E-state index contributed by atoms with van der Waals surface area (Å²) in [5.41, 5.74) is 6.00. The van der Waals surface area contributed by atoms with E-state index < -0.39 is 23.4 Å². The second kappa shape index (κ2) is 16.0. The highest BCUT2D eigenvalue weighted by Crippen LogP contribution is 2.39. The van der Waals surface area contributed by atoms with Gasteiger partial charge in [0.2, 0.25) is 5.91 Å². The van der Waals surface area contributed by atoms with Gasteiger partial charge in [0.15, 0.2) is 11.6 Å². The predicted molar refractivity (Wildman–Crippen MR) is 184 cm³/mol. The molecule has 0 unspecified atom stereocenters. The third kappa shape index (κ3) is 8.87. The molecule has 260 valence electrons. The third-order valence-corrected chi connectivity index (χ3v) is 9.62. The number of benzene rings is 3. The van der Waals surface area contributed by atoms with Gasteiger partial charge in [-0.1, -0.05) is 69.0 Å². The number of hydrogen-bond donors (Lipinski definition) is 0. The molecule has 0 saturated carbocycles. The van der Waals surface area contributed by atoms with Crippen LogP contribution in [0.1, 0.15) is 62.6 Å². The number of alkyl halides is 3. The maximum absolute atomic E-state index is 14.6. The maximum Gasteiger partial charge on any atom is 0.416 e. The molecule has 1 aliphatic carbocycles. The van der Waals surface area contributed by atoms with Crippen LogP contribution in [-0.4, -0.2) is 53.3 Å². The van der Waals surface area contributed by atoms with Gasteiger partial charge in [-0.2, -0.15) is 13.2 Å². The van der Waals surface area contributed by atoms with Crippen molar-refractivity contribution in [2.24, 2.45) is 0 Å². The fourth-order valence-electron chi connectivity index (χ4n) is 6.68. The molecule has 0 atom stereocenters. The van der Waals surface area contributed by atoms with Crippen LogP contribution in [0.2, 0.25) is 0 Å². The number of amides is 1. The van der Waals surface area contributed by atoms with Crippen LogP contribution in [-0.2, 0) is 23.9 Å². The third-order valence-electron chi connectivity index (χ3n) is 9.62. The van der Waals surface area contributed by atoms with E-state index in [9.17, 15) is 26.7 Å². The molecule has 0 N–H and O–H groups in total. The molecular formula is C40H44F5N3O. The van der Waals surface area contributed by atoms with E-state index in [-0.39, 0.29) is 18.9 Å². The Morgan fingerprint density at radius 3 is 2.16 bits per heavy atom. The molecule has 9 heteroatoms. The van der Waals surface area contributed by atoms with Crippen LogP contribution in [0.5, 0.6) is 0 Å². The van der Waals surface area contributed by atoms with Crippen molar-refractivity contribution in [1.82, 2.24) is 14.7 Å². The van der Waals surface area contributed by atoms with Gasteiger partial charge in [-0.25, -0.2) is 8.78 Å². The molecule has 2 aliphatic rings. The smallest absolute Gasteiger partial charge is 0.339 e.